The molecule has 2 bridgehead atoms. The second-order valence-electron chi connectivity index (χ2n) is 4.99. The number of furan rings is 1. The number of hydrogen-bond acceptors (Lipinski definition) is 2. The Bertz CT molecular complexity index is 596. The van der Waals surface area contributed by atoms with Crippen molar-refractivity contribution in [1.82, 2.24) is 4.90 Å². The minimum atomic E-state index is 0.452. The smallest absolute Gasteiger partial charge is 0.134 e. The van der Waals surface area contributed by atoms with E-state index < -0.39 is 0 Å². The summed E-state index contributed by atoms with van der Waals surface area (Å²) in [6, 6.07) is 8.42. The van der Waals surface area contributed by atoms with Gasteiger partial charge in [0.15, 0.2) is 0 Å². The maximum atomic E-state index is 6.08. The maximum absolute atomic E-state index is 6.08. The number of fused-ring (bicyclic) bond motifs is 6. The van der Waals surface area contributed by atoms with Crippen LogP contribution in [0.1, 0.15) is 17.2 Å². The molecule has 86 valence electrons. The van der Waals surface area contributed by atoms with E-state index in [0.717, 1.165) is 31.6 Å². The first-order chi connectivity index (χ1) is 8.42. The summed E-state index contributed by atoms with van der Waals surface area (Å²) in [4.78, 5) is 2.51. The molecule has 2 unspecified atom stereocenters. The number of para-hydroxylation sites is 1. The molecule has 3 heterocycles. The molecule has 1 aromatic heterocycles. The monoisotopic (exact) mass is 225 g/mol. The lowest BCUT2D eigenvalue weighted by Gasteiger charge is -2.24. The first-order valence-electron chi connectivity index (χ1n) is 6.31. The van der Waals surface area contributed by atoms with Gasteiger partial charge in [-0.2, -0.15) is 0 Å². The molecule has 0 spiro atoms. The van der Waals surface area contributed by atoms with Gasteiger partial charge >= 0.3 is 0 Å². The molecular formula is C15H15NO. The highest BCUT2D eigenvalue weighted by Gasteiger charge is 2.27. The Morgan fingerprint density at radius 1 is 1.24 bits per heavy atom. The molecule has 1 aromatic carbocycles. The molecule has 0 fully saturated rings. The predicted molar refractivity (Wildman–Crippen MR) is 68.2 cm³/mol. The van der Waals surface area contributed by atoms with Gasteiger partial charge in [-0.15, -0.1) is 0 Å². The SMILES string of the molecule is C1=CC2CN(C1)CCc1c2oc2ccccc12. The Balaban J connectivity index is 1.96. The van der Waals surface area contributed by atoms with E-state index in [2.05, 4.69) is 35.3 Å². The van der Waals surface area contributed by atoms with Gasteiger partial charge in [0.05, 0.1) is 0 Å². The largest absolute Gasteiger partial charge is 0.460 e. The number of rotatable bonds is 0. The van der Waals surface area contributed by atoms with E-state index in [1.54, 1.807) is 0 Å². The molecular weight excluding hydrogens is 210 g/mol. The molecule has 17 heavy (non-hydrogen) atoms. The molecule has 4 rings (SSSR count). The average molecular weight is 225 g/mol. The van der Waals surface area contributed by atoms with Crippen LogP contribution in [-0.4, -0.2) is 24.5 Å². The van der Waals surface area contributed by atoms with Crippen LogP contribution in [0.4, 0.5) is 0 Å². The normalized spacial score (nSPS) is 26.8. The van der Waals surface area contributed by atoms with Crippen molar-refractivity contribution in [3.05, 3.63) is 47.7 Å². The zero-order valence-corrected chi connectivity index (χ0v) is 9.73. The molecule has 0 N–H and O–H groups in total. The first-order valence-corrected chi connectivity index (χ1v) is 6.31. The number of benzene rings is 1. The van der Waals surface area contributed by atoms with E-state index in [1.165, 1.54) is 16.7 Å². The van der Waals surface area contributed by atoms with Crippen LogP contribution in [0.25, 0.3) is 11.0 Å². The zero-order valence-electron chi connectivity index (χ0n) is 9.73. The Morgan fingerprint density at radius 2 is 2.18 bits per heavy atom. The van der Waals surface area contributed by atoms with Crippen molar-refractivity contribution in [2.24, 2.45) is 0 Å². The molecule has 0 radical (unpaired) electrons. The van der Waals surface area contributed by atoms with Crippen LogP contribution in [0.2, 0.25) is 0 Å². The van der Waals surface area contributed by atoms with Crippen molar-refractivity contribution in [3.8, 4) is 0 Å². The second-order valence-corrected chi connectivity index (χ2v) is 4.99. The summed E-state index contributed by atoms with van der Waals surface area (Å²) in [5.41, 5.74) is 2.48. The van der Waals surface area contributed by atoms with Crippen LogP contribution in [0.5, 0.6) is 0 Å². The molecule has 0 amide bonds. The molecule has 0 aliphatic carbocycles. The molecule has 2 nitrogen and oxygen atoms in total. The fraction of sp³-hybridized carbons (Fsp3) is 0.333. The zero-order chi connectivity index (χ0) is 11.2. The number of nitrogens with zero attached hydrogens (tertiary/aromatic N) is 1. The molecule has 0 saturated heterocycles. The van der Waals surface area contributed by atoms with Gasteiger partial charge in [-0.05, 0) is 12.5 Å². The van der Waals surface area contributed by atoms with Crippen LogP contribution < -0.4 is 0 Å². The van der Waals surface area contributed by atoms with Crippen LogP contribution in [0.3, 0.4) is 0 Å². The predicted octanol–water partition coefficient (Wildman–Crippen LogP) is 2.94. The third-order valence-electron chi connectivity index (χ3n) is 3.93. The lowest BCUT2D eigenvalue weighted by atomic mass is 9.99. The summed E-state index contributed by atoms with van der Waals surface area (Å²) in [5, 5.41) is 1.31. The van der Waals surface area contributed by atoms with E-state index >= 15 is 0 Å². The van der Waals surface area contributed by atoms with E-state index in [1.807, 2.05) is 6.07 Å². The van der Waals surface area contributed by atoms with Crippen molar-refractivity contribution < 1.29 is 4.42 Å². The quantitative estimate of drug-likeness (QED) is 0.641. The average Bonchev–Trinajstić information content (AvgIpc) is 2.70. The van der Waals surface area contributed by atoms with Gasteiger partial charge in [0.2, 0.25) is 0 Å². The van der Waals surface area contributed by atoms with Gasteiger partial charge < -0.3 is 4.42 Å². The van der Waals surface area contributed by atoms with Gasteiger partial charge in [0.1, 0.15) is 11.3 Å². The Kier molecular flexibility index (Phi) is 1.94. The summed E-state index contributed by atoms with van der Waals surface area (Å²) in [5.74, 6) is 1.65. The third-order valence-corrected chi connectivity index (χ3v) is 3.93. The Hall–Kier alpha value is -1.54. The summed E-state index contributed by atoms with van der Waals surface area (Å²) >= 11 is 0. The molecule has 2 aliphatic heterocycles. The highest BCUT2D eigenvalue weighted by atomic mass is 16.3. The lowest BCUT2D eigenvalue weighted by molar-refractivity contribution is 0.289. The van der Waals surface area contributed by atoms with Crippen LogP contribution in [0, 0.1) is 0 Å². The van der Waals surface area contributed by atoms with Gasteiger partial charge in [-0.3, -0.25) is 4.90 Å². The van der Waals surface area contributed by atoms with Crippen LogP contribution in [0.15, 0.2) is 40.8 Å². The van der Waals surface area contributed by atoms with Crippen molar-refractivity contribution in [1.29, 1.82) is 0 Å². The van der Waals surface area contributed by atoms with E-state index in [4.69, 9.17) is 4.42 Å². The molecule has 2 aliphatic rings. The second kappa shape index (κ2) is 3.47. The fourth-order valence-corrected chi connectivity index (χ4v) is 3.09. The lowest BCUT2D eigenvalue weighted by Crippen LogP contribution is -2.30. The Morgan fingerprint density at radius 3 is 3.18 bits per heavy atom. The molecule has 2 atom stereocenters. The highest BCUT2D eigenvalue weighted by Crippen LogP contribution is 2.35. The fourth-order valence-electron chi connectivity index (χ4n) is 3.09. The van der Waals surface area contributed by atoms with Gasteiger partial charge in [0, 0.05) is 36.5 Å². The van der Waals surface area contributed by atoms with Gasteiger partial charge in [0.25, 0.3) is 0 Å². The van der Waals surface area contributed by atoms with Crippen molar-refractivity contribution in [3.63, 3.8) is 0 Å². The standard InChI is InChI=1S/C15H15NO/c1-2-6-14-12(5-1)13-7-9-16-8-3-4-11(10-16)15(13)17-14/h1-6,11H,7-10H2. The van der Waals surface area contributed by atoms with E-state index in [9.17, 15) is 0 Å². The van der Waals surface area contributed by atoms with E-state index in [0.29, 0.717) is 5.92 Å². The topological polar surface area (TPSA) is 16.4 Å². The maximum Gasteiger partial charge on any atom is 0.134 e. The Labute approximate surface area is 101 Å². The summed E-state index contributed by atoms with van der Waals surface area (Å²) in [6.45, 7) is 3.36. The van der Waals surface area contributed by atoms with Crippen molar-refractivity contribution >= 4 is 11.0 Å². The van der Waals surface area contributed by atoms with Gasteiger partial charge in [-0.1, -0.05) is 30.4 Å². The minimum absolute atomic E-state index is 0.452. The summed E-state index contributed by atoms with van der Waals surface area (Å²) in [7, 11) is 0. The third kappa shape index (κ3) is 1.37. The summed E-state index contributed by atoms with van der Waals surface area (Å²) < 4.78 is 6.08. The van der Waals surface area contributed by atoms with Gasteiger partial charge in [-0.25, -0.2) is 0 Å². The van der Waals surface area contributed by atoms with E-state index in [-0.39, 0.29) is 0 Å². The van der Waals surface area contributed by atoms with Crippen LogP contribution >= 0.6 is 0 Å². The number of hydrogen-bond donors (Lipinski definition) is 0. The van der Waals surface area contributed by atoms with Crippen molar-refractivity contribution in [2.75, 3.05) is 19.6 Å². The summed E-state index contributed by atoms with van der Waals surface area (Å²) in [6.07, 6.45) is 5.70. The van der Waals surface area contributed by atoms with Crippen molar-refractivity contribution in [2.45, 2.75) is 12.3 Å². The minimum Gasteiger partial charge on any atom is -0.460 e. The van der Waals surface area contributed by atoms with Crippen LogP contribution in [-0.2, 0) is 6.42 Å². The molecule has 2 heteroatoms. The molecule has 0 saturated carbocycles. The molecule has 2 aromatic rings. The highest BCUT2D eigenvalue weighted by molar-refractivity contribution is 5.82. The first kappa shape index (κ1) is 9.49.